The van der Waals surface area contributed by atoms with Crippen LogP contribution in [0.2, 0.25) is 0 Å². The lowest BCUT2D eigenvalue weighted by Crippen LogP contribution is -2.49. The second kappa shape index (κ2) is 7.55. The third-order valence-electron chi connectivity index (χ3n) is 5.48. The number of carbonyl (C=O) groups excluding carboxylic acids is 1. The van der Waals surface area contributed by atoms with E-state index < -0.39 is 0 Å². The van der Waals surface area contributed by atoms with Crippen LogP contribution in [-0.2, 0) is 0 Å². The lowest BCUT2D eigenvalue weighted by Gasteiger charge is -2.36. The van der Waals surface area contributed by atoms with E-state index in [2.05, 4.69) is 20.9 Å². The molecule has 2 fully saturated rings. The SMILES string of the molecule is Cc1cc(N2CCN(C(=O)c3ccccc3C)CC2)nc(N2CCCC2)n1. The Kier molecular flexibility index (Phi) is 4.97. The molecule has 0 bridgehead atoms. The Labute approximate surface area is 160 Å². The molecule has 0 unspecified atom stereocenters. The Hall–Kier alpha value is -2.63. The molecule has 6 nitrogen and oxygen atoms in total. The zero-order chi connectivity index (χ0) is 18.8. The maximum absolute atomic E-state index is 12.8. The summed E-state index contributed by atoms with van der Waals surface area (Å²) < 4.78 is 0. The van der Waals surface area contributed by atoms with Crippen molar-refractivity contribution in [1.82, 2.24) is 14.9 Å². The van der Waals surface area contributed by atoms with E-state index in [0.29, 0.717) is 0 Å². The van der Waals surface area contributed by atoms with Crippen molar-refractivity contribution in [3.63, 3.8) is 0 Å². The summed E-state index contributed by atoms with van der Waals surface area (Å²) in [7, 11) is 0. The number of amides is 1. The molecule has 0 spiro atoms. The molecule has 0 aliphatic carbocycles. The zero-order valence-corrected chi connectivity index (χ0v) is 16.2. The number of nitrogens with zero attached hydrogens (tertiary/aromatic N) is 5. The van der Waals surface area contributed by atoms with Crippen LogP contribution in [-0.4, -0.2) is 60.0 Å². The number of hydrogen-bond donors (Lipinski definition) is 0. The molecule has 2 aromatic rings. The molecule has 0 N–H and O–H groups in total. The van der Waals surface area contributed by atoms with Gasteiger partial charge >= 0.3 is 0 Å². The highest BCUT2D eigenvalue weighted by Crippen LogP contribution is 2.22. The minimum absolute atomic E-state index is 0.129. The van der Waals surface area contributed by atoms with Gasteiger partial charge in [0.25, 0.3) is 5.91 Å². The summed E-state index contributed by atoms with van der Waals surface area (Å²) in [6.45, 7) is 9.14. The maximum Gasteiger partial charge on any atom is 0.254 e. The number of hydrogen-bond acceptors (Lipinski definition) is 5. The van der Waals surface area contributed by atoms with Crippen molar-refractivity contribution < 1.29 is 4.79 Å². The predicted molar refractivity (Wildman–Crippen MR) is 108 cm³/mol. The molecule has 2 saturated heterocycles. The standard InChI is InChI=1S/C21H27N5O/c1-16-7-3-4-8-18(16)20(27)25-13-11-24(12-14-25)19-15-17(2)22-21(23-19)26-9-5-6-10-26/h3-4,7-8,15H,5-6,9-14H2,1-2H3. The van der Waals surface area contributed by atoms with E-state index in [1.165, 1.54) is 12.8 Å². The molecule has 1 aromatic carbocycles. The number of rotatable bonds is 3. The Morgan fingerprint density at radius 1 is 0.889 bits per heavy atom. The van der Waals surface area contributed by atoms with E-state index in [1.54, 1.807) is 0 Å². The summed E-state index contributed by atoms with van der Waals surface area (Å²) in [4.78, 5) is 28.8. The second-order valence-corrected chi connectivity index (χ2v) is 7.46. The Morgan fingerprint density at radius 2 is 1.59 bits per heavy atom. The normalized spacial score (nSPS) is 17.5. The fourth-order valence-electron chi connectivity index (χ4n) is 3.88. The van der Waals surface area contributed by atoms with E-state index in [1.807, 2.05) is 43.0 Å². The lowest BCUT2D eigenvalue weighted by molar-refractivity contribution is 0.0746. The van der Waals surface area contributed by atoms with Crippen molar-refractivity contribution in [2.45, 2.75) is 26.7 Å². The Bertz CT molecular complexity index is 823. The highest BCUT2D eigenvalue weighted by atomic mass is 16.2. The van der Waals surface area contributed by atoms with Gasteiger partial charge in [-0.3, -0.25) is 4.79 Å². The molecule has 4 rings (SSSR count). The van der Waals surface area contributed by atoms with Gasteiger partial charge in [-0.15, -0.1) is 0 Å². The minimum Gasteiger partial charge on any atom is -0.353 e. The molecule has 1 aromatic heterocycles. The smallest absolute Gasteiger partial charge is 0.254 e. The first-order valence-corrected chi connectivity index (χ1v) is 9.82. The first-order valence-electron chi connectivity index (χ1n) is 9.82. The molecule has 3 heterocycles. The summed E-state index contributed by atoms with van der Waals surface area (Å²) >= 11 is 0. The quantitative estimate of drug-likeness (QED) is 0.837. The van der Waals surface area contributed by atoms with Gasteiger partial charge in [0.1, 0.15) is 5.82 Å². The van der Waals surface area contributed by atoms with Crippen LogP contribution in [0.5, 0.6) is 0 Å². The minimum atomic E-state index is 0.129. The van der Waals surface area contributed by atoms with E-state index in [0.717, 1.165) is 67.9 Å². The summed E-state index contributed by atoms with van der Waals surface area (Å²) in [6.07, 6.45) is 2.43. The molecule has 142 valence electrons. The zero-order valence-electron chi connectivity index (χ0n) is 16.2. The van der Waals surface area contributed by atoms with Gasteiger partial charge in [-0.2, -0.15) is 4.98 Å². The third kappa shape index (κ3) is 3.75. The molecule has 0 atom stereocenters. The number of piperazine rings is 1. The molecule has 2 aliphatic rings. The van der Waals surface area contributed by atoms with E-state index in [4.69, 9.17) is 4.98 Å². The van der Waals surface area contributed by atoms with Gasteiger partial charge in [-0.05, 0) is 38.3 Å². The molecule has 0 radical (unpaired) electrons. The average Bonchev–Trinajstić information content (AvgIpc) is 3.22. The van der Waals surface area contributed by atoms with Gasteiger partial charge in [-0.1, -0.05) is 18.2 Å². The first kappa shape index (κ1) is 17.8. The maximum atomic E-state index is 12.8. The number of aromatic nitrogens is 2. The number of anilines is 2. The topological polar surface area (TPSA) is 52.6 Å². The van der Waals surface area contributed by atoms with Crippen LogP contribution in [0, 0.1) is 13.8 Å². The van der Waals surface area contributed by atoms with Crippen LogP contribution in [0.4, 0.5) is 11.8 Å². The van der Waals surface area contributed by atoms with Crippen molar-refractivity contribution in [3.8, 4) is 0 Å². The Morgan fingerprint density at radius 3 is 2.30 bits per heavy atom. The summed E-state index contributed by atoms with van der Waals surface area (Å²) in [5.74, 6) is 1.96. The fraction of sp³-hybridized carbons (Fsp3) is 0.476. The van der Waals surface area contributed by atoms with Gasteiger partial charge in [0, 0.05) is 56.6 Å². The summed E-state index contributed by atoms with van der Waals surface area (Å²) in [5.41, 5.74) is 2.84. The van der Waals surface area contributed by atoms with Crippen LogP contribution in [0.25, 0.3) is 0 Å². The molecule has 0 saturated carbocycles. The van der Waals surface area contributed by atoms with Crippen molar-refractivity contribution in [1.29, 1.82) is 0 Å². The molecule has 6 heteroatoms. The number of benzene rings is 1. The first-order chi connectivity index (χ1) is 13.1. The molecule has 27 heavy (non-hydrogen) atoms. The van der Waals surface area contributed by atoms with E-state index in [-0.39, 0.29) is 5.91 Å². The average molecular weight is 365 g/mol. The van der Waals surface area contributed by atoms with Crippen molar-refractivity contribution in [3.05, 3.63) is 47.2 Å². The highest BCUT2D eigenvalue weighted by molar-refractivity contribution is 5.95. The van der Waals surface area contributed by atoms with Crippen LogP contribution in [0.1, 0.15) is 34.5 Å². The van der Waals surface area contributed by atoms with Gasteiger partial charge in [0.15, 0.2) is 0 Å². The summed E-state index contributed by atoms with van der Waals surface area (Å²) in [6, 6.07) is 9.87. The van der Waals surface area contributed by atoms with Gasteiger partial charge in [0.2, 0.25) is 5.95 Å². The van der Waals surface area contributed by atoms with E-state index in [9.17, 15) is 4.79 Å². The molecular weight excluding hydrogens is 338 g/mol. The van der Waals surface area contributed by atoms with Crippen molar-refractivity contribution >= 4 is 17.7 Å². The van der Waals surface area contributed by atoms with Crippen LogP contribution >= 0.6 is 0 Å². The third-order valence-corrected chi connectivity index (χ3v) is 5.48. The predicted octanol–water partition coefficient (Wildman–Crippen LogP) is 2.66. The largest absolute Gasteiger partial charge is 0.353 e. The number of aryl methyl sites for hydroxylation is 2. The molecular formula is C21H27N5O. The van der Waals surface area contributed by atoms with Gasteiger partial charge < -0.3 is 14.7 Å². The lowest BCUT2D eigenvalue weighted by atomic mass is 10.1. The monoisotopic (exact) mass is 365 g/mol. The van der Waals surface area contributed by atoms with E-state index >= 15 is 0 Å². The van der Waals surface area contributed by atoms with Gasteiger partial charge in [-0.25, -0.2) is 4.98 Å². The summed E-state index contributed by atoms with van der Waals surface area (Å²) in [5, 5.41) is 0. The Balaban J connectivity index is 1.45. The molecule has 1 amide bonds. The number of carbonyl (C=O) groups is 1. The fourth-order valence-corrected chi connectivity index (χ4v) is 3.88. The van der Waals surface area contributed by atoms with Crippen LogP contribution in [0.15, 0.2) is 30.3 Å². The molecule has 2 aliphatic heterocycles. The van der Waals surface area contributed by atoms with Gasteiger partial charge in [0.05, 0.1) is 0 Å². The highest BCUT2D eigenvalue weighted by Gasteiger charge is 2.25. The van der Waals surface area contributed by atoms with Crippen molar-refractivity contribution in [2.24, 2.45) is 0 Å². The van der Waals surface area contributed by atoms with Crippen LogP contribution < -0.4 is 9.80 Å². The van der Waals surface area contributed by atoms with Crippen LogP contribution in [0.3, 0.4) is 0 Å². The van der Waals surface area contributed by atoms with Crippen molar-refractivity contribution in [2.75, 3.05) is 49.1 Å². The second-order valence-electron chi connectivity index (χ2n) is 7.46.